The van der Waals surface area contributed by atoms with Gasteiger partial charge in [0.1, 0.15) is 5.78 Å². The van der Waals surface area contributed by atoms with Crippen molar-refractivity contribution in [3.8, 4) is 0 Å². The second-order valence-electron chi connectivity index (χ2n) is 3.88. The number of benzene rings is 1. The Kier molecular flexibility index (Phi) is 2.64. The third-order valence-electron chi connectivity index (χ3n) is 2.62. The molecular formula is C12H14OS. The second-order valence-corrected chi connectivity index (χ2v) is 5.12. The standard InChI is InChI=1S/C12H14OS/c1-8-3-4-9(2)12(7-8)14-11-6-5-10(11)13/h3-4,7,11H,5-6H2,1-2H3/t11-/m0/s1. The highest BCUT2D eigenvalue weighted by Gasteiger charge is 2.29. The summed E-state index contributed by atoms with van der Waals surface area (Å²) in [5, 5.41) is 0.232. The zero-order chi connectivity index (χ0) is 10.1. The summed E-state index contributed by atoms with van der Waals surface area (Å²) in [4.78, 5) is 12.5. The third-order valence-corrected chi connectivity index (χ3v) is 4.10. The molecule has 2 heteroatoms. The maximum atomic E-state index is 11.2. The summed E-state index contributed by atoms with van der Waals surface area (Å²) in [5.41, 5.74) is 2.55. The van der Waals surface area contributed by atoms with Crippen molar-refractivity contribution in [2.75, 3.05) is 0 Å². The molecule has 0 heterocycles. The van der Waals surface area contributed by atoms with Gasteiger partial charge < -0.3 is 0 Å². The molecule has 1 fully saturated rings. The van der Waals surface area contributed by atoms with Crippen LogP contribution in [0.2, 0.25) is 0 Å². The van der Waals surface area contributed by atoms with E-state index >= 15 is 0 Å². The van der Waals surface area contributed by atoms with Crippen molar-refractivity contribution >= 4 is 17.5 Å². The molecule has 74 valence electrons. The Labute approximate surface area is 88.9 Å². The van der Waals surface area contributed by atoms with E-state index in [-0.39, 0.29) is 5.25 Å². The lowest BCUT2D eigenvalue weighted by Crippen LogP contribution is -2.28. The van der Waals surface area contributed by atoms with E-state index in [0.717, 1.165) is 12.8 Å². The highest BCUT2D eigenvalue weighted by molar-refractivity contribution is 8.00. The van der Waals surface area contributed by atoms with Gasteiger partial charge in [0.05, 0.1) is 5.25 Å². The molecule has 0 unspecified atom stereocenters. The van der Waals surface area contributed by atoms with Gasteiger partial charge in [0, 0.05) is 11.3 Å². The van der Waals surface area contributed by atoms with Gasteiger partial charge in [-0.1, -0.05) is 17.7 Å². The smallest absolute Gasteiger partial charge is 0.146 e. The molecule has 0 radical (unpaired) electrons. The first-order valence-corrected chi connectivity index (χ1v) is 5.81. The first-order valence-electron chi connectivity index (χ1n) is 4.93. The predicted octanol–water partition coefficient (Wildman–Crippen LogP) is 3.13. The molecular weight excluding hydrogens is 192 g/mol. The molecule has 1 saturated carbocycles. The van der Waals surface area contributed by atoms with Crippen LogP contribution in [0.4, 0.5) is 0 Å². The Morgan fingerprint density at radius 1 is 1.36 bits per heavy atom. The predicted molar refractivity (Wildman–Crippen MR) is 59.8 cm³/mol. The van der Waals surface area contributed by atoms with Crippen LogP contribution >= 0.6 is 11.8 Å². The summed E-state index contributed by atoms with van der Waals surface area (Å²) < 4.78 is 0. The van der Waals surface area contributed by atoms with E-state index in [0.29, 0.717) is 5.78 Å². The van der Waals surface area contributed by atoms with Gasteiger partial charge in [-0.2, -0.15) is 0 Å². The summed E-state index contributed by atoms with van der Waals surface area (Å²) in [6.07, 6.45) is 1.83. The largest absolute Gasteiger partial charge is 0.298 e. The van der Waals surface area contributed by atoms with Crippen molar-refractivity contribution < 1.29 is 4.79 Å². The number of carbonyl (C=O) groups is 1. The molecule has 1 atom stereocenters. The van der Waals surface area contributed by atoms with Crippen molar-refractivity contribution in [2.45, 2.75) is 36.8 Å². The van der Waals surface area contributed by atoms with E-state index in [4.69, 9.17) is 0 Å². The Hall–Kier alpha value is -0.760. The summed E-state index contributed by atoms with van der Waals surface area (Å²) in [7, 11) is 0. The number of aryl methyl sites for hydroxylation is 2. The summed E-state index contributed by atoms with van der Waals surface area (Å²) in [5.74, 6) is 0.413. The molecule has 0 N–H and O–H groups in total. The van der Waals surface area contributed by atoms with Gasteiger partial charge in [0.25, 0.3) is 0 Å². The number of hydrogen-bond acceptors (Lipinski definition) is 2. The van der Waals surface area contributed by atoms with Crippen LogP contribution in [0, 0.1) is 13.8 Å². The number of rotatable bonds is 2. The highest BCUT2D eigenvalue weighted by Crippen LogP contribution is 2.35. The summed E-state index contributed by atoms with van der Waals surface area (Å²) in [6, 6.07) is 6.41. The molecule has 2 rings (SSSR count). The van der Waals surface area contributed by atoms with Gasteiger partial charge in [-0.05, 0) is 31.9 Å². The second kappa shape index (κ2) is 3.77. The maximum absolute atomic E-state index is 11.2. The van der Waals surface area contributed by atoms with Crippen LogP contribution in [0.25, 0.3) is 0 Å². The van der Waals surface area contributed by atoms with E-state index in [1.807, 2.05) is 0 Å². The monoisotopic (exact) mass is 206 g/mol. The SMILES string of the molecule is Cc1ccc(C)c(S[C@H]2CCC2=O)c1. The van der Waals surface area contributed by atoms with E-state index in [2.05, 4.69) is 32.0 Å². The average molecular weight is 206 g/mol. The molecule has 1 aliphatic rings. The Balaban J connectivity index is 2.15. The Bertz CT molecular complexity index is 371. The van der Waals surface area contributed by atoms with E-state index in [9.17, 15) is 4.79 Å². The van der Waals surface area contributed by atoms with Crippen LogP contribution in [0.1, 0.15) is 24.0 Å². The highest BCUT2D eigenvalue weighted by atomic mass is 32.2. The molecule has 0 saturated heterocycles. The van der Waals surface area contributed by atoms with E-state index in [1.165, 1.54) is 16.0 Å². The first kappa shape index (κ1) is 9.78. The Morgan fingerprint density at radius 3 is 2.71 bits per heavy atom. The molecule has 0 aromatic heterocycles. The van der Waals surface area contributed by atoms with Gasteiger partial charge in [0.15, 0.2) is 0 Å². The fourth-order valence-corrected chi connectivity index (χ4v) is 2.79. The topological polar surface area (TPSA) is 17.1 Å². The van der Waals surface area contributed by atoms with Crippen molar-refractivity contribution in [1.82, 2.24) is 0 Å². The molecule has 1 aliphatic carbocycles. The number of Topliss-reactive ketones (excluding diaryl/α,β-unsaturated/α-hetero) is 1. The van der Waals surface area contributed by atoms with Crippen molar-refractivity contribution in [2.24, 2.45) is 0 Å². The van der Waals surface area contributed by atoms with Crippen LogP contribution < -0.4 is 0 Å². The van der Waals surface area contributed by atoms with Crippen LogP contribution in [-0.2, 0) is 4.79 Å². The van der Waals surface area contributed by atoms with Crippen molar-refractivity contribution in [1.29, 1.82) is 0 Å². The Morgan fingerprint density at radius 2 is 2.14 bits per heavy atom. The zero-order valence-electron chi connectivity index (χ0n) is 8.54. The zero-order valence-corrected chi connectivity index (χ0v) is 9.36. The lowest BCUT2D eigenvalue weighted by atomic mass is 9.98. The molecule has 0 aliphatic heterocycles. The van der Waals surface area contributed by atoms with Crippen LogP contribution in [0.5, 0.6) is 0 Å². The summed E-state index contributed by atoms with van der Waals surface area (Å²) in [6.45, 7) is 4.19. The lowest BCUT2D eigenvalue weighted by Gasteiger charge is -2.23. The van der Waals surface area contributed by atoms with E-state index < -0.39 is 0 Å². The molecule has 0 bridgehead atoms. The first-order chi connectivity index (χ1) is 6.66. The van der Waals surface area contributed by atoms with Crippen LogP contribution in [-0.4, -0.2) is 11.0 Å². The quantitative estimate of drug-likeness (QED) is 0.739. The number of carbonyl (C=O) groups excluding carboxylic acids is 1. The van der Waals surface area contributed by atoms with Gasteiger partial charge in [-0.15, -0.1) is 11.8 Å². The number of thioether (sulfide) groups is 1. The molecule has 1 aromatic rings. The van der Waals surface area contributed by atoms with Gasteiger partial charge in [-0.25, -0.2) is 0 Å². The van der Waals surface area contributed by atoms with Gasteiger partial charge in [-0.3, -0.25) is 4.79 Å². The van der Waals surface area contributed by atoms with Crippen LogP contribution in [0.15, 0.2) is 23.1 Å². The fraction of sp³-hybridized carbons (Fsp3) is 0.417. The van der Waals surface area contributed by atoms with Gasteiger partial charge in [0.2, 0.25) is 0 Å². The number of ketones is 1. The minimum atomic E-state index is 0.232. The van der Waals surface area contributed by atoms with Gasteiger partial charge >= 0.3 is 0 Å². The summed E-state index contributed by atoms with van der Waals surface area (Å²) >= 11 is 1.73. The minimum absolute atomic E-state index is 0.232. The maximum Gasteiger partial charge on any atom is 0.146 e. The molecule has 0 amide bonds. The molecule has 14 heavy (non-hydrogen) atoms. The molecule has 1 aromatic carbocycles. The lowest BCUT2D eigenvalue weighted by molar-refractivity contribution is -0.122. The molecule has 1 nitrogen and oxygen atoms in total. The third kappa shape index (κ3) is 1.85. The molecule has 0 spiro atoms. The van der Waals surface area contributed by atoms with Crippen molar-refractivity contribution in [3.63, 3.8) is 0 Å². The fourth-order valence-electron chi connectivity index (χ4n) is 1.49. The van der Waals surface area contributed by atoms with E-state index in [1.54, 1.807) is 11.8 Å². The van der Waals surface area contributed by atoms with Crippen molar-refractivity contribution in [3.05, 3.63) is 29.3 Å². The van der Waals surface area contributed by atoms with Crippen LogP contribution in [0.3, 0.4) is 0 Å². The average Bonchev–Trinajstić information content (AvgIpc) is 2.17. The number of hydrogen-bond donors (Lipinski definition) is 0. The normalized spacial score (nSPS) is 20.7. The minimum Gasteiger partial charge on any atom is -0.298 e.